The van der Waals surface area contributed by atoms with E-state index in [1.807, 2.05) is 42.7 Å². The van der Waals surface area contributed by atoms with Gasteiger partial charge in [-0.05, 0) is 38.1 Å². The van der Waals surface area contributed by atoms with Gasteiger partial charge in [0.1, 0.15) is 12.4 Å². The fourth-order valence-corrected chi connectivity index (χ4v) is 3.55. The van der Waals surface area contributed by atoms with Gasteiger partial charge in [-0.15, -0.1) is 10.2 Å². The van der Waals surface area contributed by atoms with Crippen LogP contribution < -0.4 is 4.74 Å². The number of benzene rings is 1. The Labute approximate surface area is 155 Å². The first kappa shape index (κ1) is 18.2. The lowest BCUT2D eigenvalue weighted by Crippen LogP contribution is -2.33. The Kier molecular flexibility index (Phi) is 5.46. The van der Waals surface area contributed by atoms with Crippen molar-refractivity contribution in [2.24, 2.45) is 0 Å². The number of rotatable bonds is 6. The number of carbonyl (C=O) groups is 2. The van der Waals surface area contributed by atoms with E-state index in [4.69, 9.17) is 9.47 Å². The van der Waals surface area contributed by atoms with Crippen molar-refractivity contribution in [1.82, 2.24) is 19.7 Å². The van der Waals surface area contributed by atoms with Crippen molar-refractivity contribution >= 4 is 23.8 Å². The van der Waals surface area contributed by atoms with Crippen LogP contribution in [0, 0.1) is 0 Å². The number of carbonyl (C=O) groups excluding carboxylic acids is 2. The lowest BCUT2D eigenvalue weighted by atomic mass is 10.2. The maximum atomic E-state index is 12.2. The average Bonchev–Trinajstić information content (AvgIpc) is 3.26. The van der Waals surface area contributed by atoms with Crippen LogP contribution in [0.25, 0.3) is 11.4 Å². The van der Waals surface area contributed by atoms with Gasteiger partial charge in [-0.3, -0.25) is 9.36 Å². The van der Waals surface area contributed by atoms with Gasteiger partial charge in [0.25, 0.3) is 0 Å². The first-order chi connectivity index (χ1) is 12.5. The summed E-state index contributed by atoms with van der Waals surface area (Å²) in [5, 5.41) is 9.15. The van der Waals surface area contributed by atoms with Gasteiger partial charge in [-0.25, -0.2) is 9.69 Å². The highest BCUT2D eigenvalue weighted by molar-refractivity contribution is 7.99. The molecule has 1 aromatic heterocycles. The number of hydrogen-bond donors (Lipinski definition) is 0. The highest BCUT2D eigenvalue weighted by Crippen LogP contribution is 2.29. The third-order valence-electron chi connectivity index (χ3n) is 3.92. The van der Waals surface area contributed by atoms with Gasteiger partial charge >= 0.3 is 6.09 Å². The molecular weight excluding hydrogens is 356 g/mol. The molecule has 1 aliphatic rings. The average molecular weight is 376 g/mol. The number of imide groups is 1. The summed E-state index contributed by atoms with van der Waals surface area (Å²) in [6.07, 6.45) is -0.583. The third-order valence-corrected chi connectivity index (χ3v) is 4.84. The van der Waals surface area contributed by atoms with Crippen LogP contribution in [0.1, 0.15) is 19.9 Å². The molecule has 2 amide bonds. The van der Waals surface area contributed by atoms with Gasteiger partial charge in [0, 0.05) is 11.6 Å². The Hall–Kier alpha value is -2.55. The van der Waals surface area contributed by atoms with Crippen LogP contribution in [0.15, 0.2) is 29.4 Å². The molecule has 0 unspecified atom stereocenters. The number of aromatic nitrogens is 3. The largest absolute Gasteiger partial charge is 0.497 e. The Morgan fingerprint density at radius 3 is 2.62 bits per heavy atom. The summed E-state index contributed by atoms with van der Waals surface area (Å²) in [5.41, 5.74) is 0.910. The summed E-state index contributed by atoms with van der Waals surface area (Å²) in [6, 6.07) is 7.67. The molecule has 0 N–H and O–H groups in total. The molecule has 3 rings (SSSR count). The van der Waals surface area contributed by atoms with Gasteiger partial charge in [0.2, 0.25) is 5.91 Å². The Balaban J connectivity index is 1.78. The molecule has 8 nitrogen and oxygen atoms in total. The highest BCUT2D eigenvalue weighted by Gasteiger charge is 2.29. The highest BCUT2D eigenvalue weighted by atomic mass is 32.2. The molecule has 1 aliphatic heterocycles. The van der Waals surface area contributed by atoms with Gasteiger partial charge in [0.15, 0.2) is 11.0 Å². The van der Waals surface area contributed by atoms with Gasteiger partial charge < -0.3 is 9.47 Å². The normalized spacial score (nSPS) is 14.0. The van der Waals surface area contributed by atoms with Crippen molar-refractivity contribution in [3.8, 4) is 17.1 Å². The number of thioether (sulfide) groups is 1. The smallest absolute Gasteiger partial charge is 0.416 e. The van der Waals surface area contributed by atoms with Crippen molar-refractivity contribution in [1.29, 1.82) is 0 Å². The van der Waals surface area contributed by atoms with E-state index >= 15 is 0 Å². The number of hydrogen-bond acceptors (Lipinski definition) is 7. The van der Waals surface area contributed by atoms with E-state index in [-0.39, 0.29) is 24.3 Å². The van der Waals surface area contributed by atoms with E-state index in [1.165, 1.54) is 11.8 Å². The summed E-state index contributed by atoms with van der Waals surface area (Å²) < 4.78 is 12.0. The van der Waals surface area contributed by atoms with Crippen LogP contribution in [0.3, 0.4) is 0 Å². The van der Waals surface area contributed by atoms with E-state index < -0.39 is 6.09 Å². The Morgan fingerprint density at radius 1 is 1.31 bits per heavy atom. The zero-order valence-electron chi connectivity index (χ0n) is 14.8. The predicted molar refractivity (Wildman–Crippen MR) is 96.2 cm³/mol. The van der Waals surface area contributed by atoms with E-state index in [2.05, 4.69) is 10.2 Å². The molecule has 0 spiro atoms. The predicted octanol–water partition coefficient (Wildman–Crippen LogP) is 2.61. The number of methoxy groups -OCH3 is 1. The molecule has 0 aliphatic carbocycles. The summed E-state index contributed by atoms with van der Waals surface area (Å²) in [5.74, 6) is 1.30. The number of cyclic esters (lactones) is 1. The standard InChI is InChI=1S/C17H20N4O4S/c1-11(2)21-15(12-4-6-13(24-3)7-5-12)18-19-16(21)26-10-14(22)20-8-9-25-17(20)23/h4-7,11H,8-10H2,1-3H3. The fourth-order valence-electron chi connectivity index (χ4n) is 2.60. The molecule has 9 heteroatoms. The Morgan fingerprint density at radius 2 is 2.04 bits per heavy atom. The fraction of sp³-hybridized carbons (Fsp3) is 0.412. The van der Waals surface area contributed by atoms with E-state index in [0.29, 0.717) is 11.7 Å². The molecule has 1 saturated heterocycles. The molecule has 0 bridgehead atoms. The topological polar surface area (TPSA) is 86.6 Å². The van der Waals surface area contributed by atoms with Crippen molar-refractivity contribution in [2.75, 3.05) is 26.0 Å². The van der Waals surface area contributed by atoms with Crippen LogP contribution in [-0.4, -0.2) is 57.7 Å². The molecular formula is C17H20N4O4S. The maximum Gasteiger partial charge on any atom is 0.416 e. The quantitative estimate of drug-likeness (QED) is 0.716. The molecule has 26 heavy (non-hydrogen) atoms. The molecule has 0 radical (unpaired) electrons. The van der Waals surface area contributed by atoms with E-state index in [9.17, 15) is 9.59 Å². The second kappa shape index (κ2) is 7.77. The molecule has 0 saturated carbocycles. The second-order valence-corrected chi connectivity index (χ2v) is 6.89. The summed E-state index contributed by atoms with van der Waals surface area (Å²) in [6.45, 7) is 4.60. The lowest BCUT2D eigenvalue weighted by Gasteiger charge is -2.14. The van der Waals surface area contributed by atoms with Crippen LogP contribution in [-0.2, 0) is 9.53 Å². The maximum absolute atomic E-state index is 12.2. The van der Waals surface area contributed by atoms with Crippen LogP contribution in [0.2, 0.25) is 0 Å². The summed E-state index contributed by atoms with van der Waals surface area (Å²) in [4.78, 5) is 24.8. The third kappa shape index (κ3) is 3.67. The van der Waals surface area contributed by atoms with Gasteiger partial charge in [-0.1, -0.05) is 11.8 Å². The molecule has 0 atom stereocenters. The second-order valence-electron chi connectivity index (χ2n) is 5.95. The zero-order chi connectivity index (χ0) is 18.7. The van der Waals surface area contributed by atoms with Crippen molar-refractivity contribution in [3.63, 3.8) is 0 Å². The number of amides is 2. The Bertz CT molecular complexity index is 804. The SMILES string of the molecule is COc1ccc(-c2nnc(SCC(=O)N3CCOC3=O)n2C(C)C)cc1. The van der Waals surface area contributed by atoms with Gasteiger partial charge in [0.05, 0.1) is 19.4 Å². The van der Waals surface area contributed by atoms with Crippen LogP contribution in [0.4, 0.5) is 4.79 Å². The van der Waals surface area contributed by atoms with Crippen molar-refractivity contribution < 1.29 is 19.1 Å². The molecule has 2 heterocycles. The van der Waals surface area contributed by atoms with Crippen molar-refractivity contribution in [2.45, 2.75) is 25.0 Å². The van der Waals surface area contributed by atoms with Gasteiger partial charge in [-0.2, -0.15) is 0 Å². The number of nitrogens with zero attached hydrogens (tertiary/aromatic N) is 4. The minimum absolute atomic E-state index is 0.0998. The molecule has 2 aromatic rings. The lowest BCUT2D eigenvalue weighted by molar-refractivity contribution is -0.125. The first-order valence-corrected chi connectivity index (χ1v) is 9.19. The number of ether oxygens (including phenoxy) is 2. The van der Waals surface area contributed by atoms with Crippen LogP contribution >= 0.6 is 11.8 Å². The first-order valence-electron chi connectivity index (χ1n) is 8.20. The molecule has 138 valence electrons. The summed E-state index contributed by atoms with van der Waals surface area (Å²) in [7, 11) is 1.62. The molecule has 1 fully saturated rings. The minimum atomic E-state index is -0.583. The minimum Gasteiger partial charge on any atom is -0.497 e. The summed E-state index contributed by atoms with van der Waals surface area (Å²) >= 11 is 1.26. The zero-order valence-corrected chi connectivity index (χ0v) is 15.7. The van der Waals surface area contributed by atoms with E-state index in [1.54, 1.807) is 7.11 Å². The van der Waals surface area contributed by atoms with Crippen LogP contribution in [0.5, 0.6) is 5.75 Å². The van der Waals surface area contributed by atoms with Crippen molar-refractivity contribution in [3.05, 3.63) is 24.3 Å². The van der Waals surface area contributed by atoms with E-state index in [0.717, 1.165) is 22.0 Å². The monoisotopic (exact) mass is 376 g/mol. The molecule has 1 aromatic carbocycles.